The molecule has 0 spiro atoms. The lowest BCUT2D eigenvalue weighted by Crippen LogP contribution is -2.32. The van der Waals surface area contributed by atoms with Gasteiger partial charge in [-0.1, -0.05) is 24.3 Å². The molecule has 0 saturated carbocycles. The van der Waals surface area contributed by atoms with Crippen LogP contribution in [0.4, 0.5) is 0 Å². The minimum atomic E-state index is -0.189. The number of guanidine groups is 1. The number of benzene rings is 1. The van der Waals surface area contributed by atoms with Crippen molar-refractivity contribution in [3.8, 4) is 11.1 Å². The summed E-state index contributed by atoms with van der Waals surface area (Å²) in [6.07, 6.45) is 2.77. The molecule has 2 rings (SSSR count). The van der Waals surface area contributed by atoms with Crippen molar-refractivity contribution in [3.05, 3.63) is 52.2 Å². The Labute approximate surface area is 147 Å². The van der Waals surface area contributed by atoms with Crippen molar-refractivity contribution >= 4 is 5.96 Å². The standard InChI is InChI=1S/C18H26N6O/c1-3-24-12-16(17(25)23-13(24)2)15-7-5-14(6-8-15)11-21-9-4-10-22-18(19)20/h5-8,12,21H,3-4,9-11H2,1-2H3,(H4,19,20,22). The second-order valence-electron chi connectivity index (χ2n) is 5.86. The quantitative estimate of drug-likeness (QED) is 0.327. The average molecular weight is 342 g/mol. The third-order valence-corrected chi connectivity index (χ3v) is 3.97. The Balaban J connectivity index is 1.94. The number of hydrogen-bond acceptors (Lipinski definition) is 4. The first-order valence-corrected chi connectivity index (χ1v) is 8.47. The zero-order chi connectivity index (χ0) is 18.2. The molecule has 1 heterocycles. The molecule has 0 aliphatic rings. The van der Waals surface area contributed by atoms with Gasteiger partial charge in [0.1, 0.15) is 5.82 Å². The summed E-state index contributed by atoms with van der Waals surface area (Å²) in [5, 5.41) is 13.2. The number of nitrogens with one attached hydrogen (secondary N) is 3. The third-order valence-electron chi connectivity index (χ3n) is 3.97. The Morgan fingerprint density at radius 1 is 1.28 bits per heavy atom. The highest BCUT2D eigenvalue weighted by Gasteiger charge is 2.07. The zero-order valence-corrected chi connectivity index (χ0v) is 14.8. The molecule has 0 fully saturated rings. The van der Waals surface area contributed by atoms with Crippen LogP contribution in [0.15, 0.2) is 35.3 Å². The van der Waals surface area contributed by atoms with Gasteiger partial charge in [0.15, 0.2) is 5.96 Å². The van der Waals surface area contributed by atoms with Crippen LogP contribution in [-0.4, -0.2) is 28.6 Å². The van der Waals surface area contributed by atoms with E-state index >= 15 is 0 Å². The molecule has 7 heteroatoms. The van der Waals surface area contributed by atoms with Gasteiger partial charge in [-0.15, -0.1) is 0 Å². The molecule has 0 aliphatic heterocycles. The van der Waals surface area contributed by atoms with E-state index in [4.69, 9.17) is 11.1 Å². The molecule has 0 unspecified atom stereocenters. The van der Waals surface area contributed by atoms with Crippen molar-refractivity contribution < 1.29 is 0 Å². The predicted octanol–water partition coefficient (Wildman–Crippen LogP) is 1.20. The molecule has 25 heavy (non-hydrogen) atoms. The van der Waals surface area contributed by atoms with E-state index in [9.17, 15) is 4.79 Å². The van der Waals surface area contributed by atoms with Crippen molar-refractivity contribution in [2.24, 2.45) is 5.73 Å². The molecular weight excluding hydrogens is 316 g/mol. The Bertz CT molecular complexity index is 766. The number of hydrogen-bond donors (Lipinski definition) is 4. The molecule has 0 saturated heterocycles. The zero-order valence-electron chi connectivity index (χ0n) is 14.8. The molecular formula is C18H26N6O. The molecule has 134 valence electrons. The topological polar surface area (TPSA) is 109 Å². The van der Waals surface area contributed by atoms with Crippen LogP contribution in [0.2, 0.25) is 0 Å². The first kappa shape index (κ1) is 18.7. The van der Waals surface area contributed by atoms with Gasteiger partial charge in [-0.05, 0) is 37.9 Å². The summed E-state index contributed by atoms with van der Waals surface area (Å²) in [7, 11) is 0. The largest absolute Gasteiger partial charge is 0.370 e. The number of nitrogens with two attached hydrogens (primary N) is 1. The maximum Gasteiger partial charge on any atom is 0.280 e. The molecule has 2 aromatic rings. The number of aromatic nitrogens is 2. The van der Waals surface area contributed by atoms with Gasteiger partial charge < -0.3 is 20.9 Å². The van der Waals surface area contributed by atoms with Crippen molar-refractivity contribution in [1.29, 1.82) is 5.41 Å². The fourth-order valence-corrected chi connectivity index (χ4v) is 2.57. The molecule has 5 N–H and O–H groups in total. The van der Waals surface area contributed by atoms with Gasteiger partial charge in [0.05, 0.1) is 5.56 Å². The van der Waals surface area contributed by atoms with Crippen molar-refractivity contribution in [3.63, 3.8) is 0 Å². The maximum absolute atomic E-state index is 12.1. The van der Waals surface area contributed by atoms with E-state index in [1.54, 1.807) is 0 Å². The molecule has 7 nitrogen and oxygen atoms in total. The first-order valence-electron chi connectivity index (χ1n) is 8.47. The second-order valence-corrected chi connectivity index (χ2v) is 5.86. The summed E-state index contributed by atoms with van der Waals surface area (Å²) in [4.78, 5) is 16.2. The summed E-state index contributed by atoms with van der Waals surface area (Å²) in [5.74, 6) is 0.736. The van der Waals surface area contributed by atoms with Crippen LogP contribution in [0.25, 0.3) is 11.1 Å². The molecule has 0 bridgehead atoms. The third kappa shape index (κ3) is 5.42. The summed E-state index contributed by atoms with van der Waals surface area (Å²) >= 11 is 0. The lowest BCUT2D eigenvalue weighted by atomic mass is 10.1. The monoisotopic (exact) mass is 342 g/mol. The number of aryl methyl sites for hydroxylation is 2. The van der Waals surface area contributed by atoms with E-state index < -0.39 is 0 Å². The van der Waals surface area contributed by atoms with Crippen LogP contribution in [-0.2, 0) is 13.1 Å². The van der Waals surface area contributed by atoms with Crippen LogP contribution < -0.4 is 21.9 Å². The van der Waals surface area contributed by atoms with Crippen LogP contribution in [0.3, 0.4) is 0 Å². The van der Waals surface area contributed by atoms with Crippen LogP contribution >= 0.6 is 0 Å². The van der Waals surface area contributed by atoms with Crippen LogP contribution in [0.1, 0.15) is 24.7 Å². The Morgan fingerprint density at radius 2 is 2.00 bits per heavy atom. The van der Waals surface area contributed by atoms with Crippen LogP contribution in [0.5, 0.6) is 0 Å². The number of rotatable bonds is 8. The summed E-state index contributed by atoms with van der Waals surface area (Å²) in [6.45, 7) is 6.94. The fraction of sp³-hybridized carbons (Fsp3) is 0.389. The lowest BCUT2D eigenvalue weighted by Gasteiger charge is -2.10. The molecule has 0 atom stereocenters. The summed E-state index contributed by atoms with van der Waals surface area (Å²) in [5.41, 5.74) is 7.69. The van der Waals surface area contributed by atoms with Gasteiger partial charge in [-0.3, -0.25) is 10.2 Å². The van der Waals surface area contributed by atoms with Gasteiger partial charge in [-0.2, -0.15) is 4.98 Å². The van der Waals surface area contributed by atoms with Crippen LogP contribution in [0, 0.1) is 12.3 Å². The second kappa shape index (κ2) is 8.98. The molecule has 0 amide bonds. The van der Waals surface area contributed by atoms with Gasteiger partial charge in [0.2, 0.25) is 0 Å². The molecule has 0 radical (unpaired) electrons. The van der Waals surface area contributed by atoms with E-state index in [-0.39, 0.29) is 11.5 Å². The average Bonchev–Trinajstić information content (AvgIpc) is 2.58. The fourth-order valence-electron chi connectivity index (χ4n) is 2.57. The highest BCUT2D eigenvalue weighted by molar-refractivity contribution is 5.74. The van der Waals surface area contributed by atoms with E-state index in [0.29, 0.717) is 12.1 Å². The van der Waals surface area contributed by atoms with Crippen molar-refractivity contribution in [2.45, 2.75) is 33.4 Å². The molecule has 0 aliphatic carbocycles. The Morgan fingerprint density at radius 3 is 2.64 bits per heavy atom. The van der Waals surface area contributed by atoms with Gasteiger partial charge in [0.25, 0.3) is 5.56 Å². The molecule has 1 aromatic carbocycles. The lowest BCUT2D eigenvalue weighted by molar-refractivity contribution is 0.639. The van der Waals surface area contributed by atoms with Crippen molar-refractivity contribution in [1.82, 2.24) is 20.2 Å². The summed E-state index contributed by atoms with van der Waals surface area (Å²) < 4.78 is 1.97. The van der Waals surface area contributed by atoms with E-state index in [1.165, 1.54) is 0 Å². The predicted molar refractivity (Wildman–Crippen MR) is 101 cm³/mol. The van der Waals surface area contributed by atoms with E-state index in [2.05, 4.69) is 15.6 Å². The minimum absolute atomic E-state index is 0.00307. The van der Waals surface area contributed by atoms with Gasteiger partial charge in [0, 0.05) is 25.8 Å². The Hall–Kier alpha value is -2.67. The SMILES string of the molecule is CCn1cc(-c2ccc(CNCCCNC(=N)N)cc2)c(=O)nc1C. The first-order chi connectivity index (χ1) is 12.0. The van der Waals surface area contributed by atoms with E-state index in [0.717, 1.165) is 43.0 Å². The molecule has 1 aromatic heterocycles. The summed E-state index contributed by atoms with van der Waals surface area (Å²) in [6, 6.07) is 7.96. The van der Waals surface area contributed by atoms with Gasteiger partial charge >= 0.3 is 0 Å². The van der Waals surface area contributed by atoms with E-state index in [1.807, 2.05) is 48.9 Å². The normalized spacial score (nSPS) is 10.6. The smallest absolute Gasteiger partial charge is 0.280 e. The van der Waals surface area contributed by atoms with Gasteiger partial charge in [-0.25, -0.2) is 0 Å². The number of nitrogens with zero attached hydrogens (tertiary/aromatic N) is 2. The minimum Gasteiger partial charge on any atom is -0.370 e. The van der Waals surface area contributed by atoms with Crippen molar-refractivity contribution in [2.75, 3.05) is 13.1 Å². The highest BCUT2D eigenvalue weighted by Crippen LogP contribution is 2.16. The maximum atomic E-state index is 12.1. The Kier molecular flexibility index (Phi) is 6.71. The highest BCUT2D eigenvalue weighted by atomic mass is 16.1.